The number of hydrogen-bond donors (Lipinski definition) is 1. The maximum atomic E-state index is 13.1. The van der Waals surface area contributed by atoms with E-state index in [-0.39, 0.29) is 24.2 Å². The topological polar surface area (TPSA) is 49.4 Å². The molecule has 0 spiro atoms. The third-order valence-electron chi connectivity index (χ3n) is 3.50. The molecule has 2 rings (SSSR count). The molecule has 1 aromatic rings. The average molecular weight is 323 g/mol. The summed E-state index contributed by atoms with van der Waals surface area (Å²) >= 11 is 0. The summed E-state index contributed by atoms with van der Waals surface area (Å²) in [5.41, 5.74) is 0.487. The molecule has 0 atom stereocenters. The number of nitrogens with zero attached hydrogens (tertiary/aromatic N) is 1. The van der Waals surface area contributed by atoms with Crippen molar-refractivity contribution in [2.75, 3.05) is 20.1 Å². The zero-order valence-corrected chi connectivity index (χ0v) is 13.0. The minimum absolute atomic E-state index is 0. The van der Waals surface area contributed by atoms with Crippen LogP contribution in [-0.4, -0.2) is 38.9 Å². The molecule has 7 heteroatoms. The van der Waals surface area contributed by atoms with Crippen molar-refractivity contribution in [2.45, 2.75) is 24.6 Å². The second kappa shape index (κ2) is 7.36. The van der Waals surface area contributed by atoms with Gasteiger partial charge in [0.15, 0.2) is 0 Å². The molecule has 1 N–H and O–H groups in total. The molecule has 1 fully saturated rings. The van der Waals surface area contributed by atoms with Crippen LogP contribution >= 0.6 is 12.4 Å². The number of nitrogens with one attached hydrogen (secondary N) is 1. The Hall–Kier alpha value is -0.690. The first-order chi connectivity index (χ1) is 8.99. The fourth-order valence-electron chi connectivity index (χ4n) is 2.34. The van der Waals surface area contributed by atoms with Gasteiger partial charge >= 0.3 is 0 Å². The van der Waals surface area contributed by atoms with Crippen LogP contribution in [0.3, 0.4) is 0 Å². The highest BCUT2D eigenvalue weighted by Crippen LogP contribution is 2.17. The highest BCUT2D eigenvalue weighted by molar-refractivity contribution is 7.88. The van der Waals surface area contributed by atoms with Crippen LogP contribution in [0.25, 0.3) is 0 Å². The van der Waals surface area contributed by atoms with Gasteiger partial charge in [0.25, 0.3) is 0 Å². The van der Waals surface area contributed by atoms with Crippen LogP contribution in [0.15, 0.2) is 24.3 Å². The van der Waals surface area contributed by atoms with Gasteiger partial charge in [-0.05, 0) is 43.6 Å². The third kappa shape index (κ3) is 4.41. The first-order valence-electron chi connectivity index (χ1n) is 6.40. The van der Waals surface area contributed by atoms with Crippen molar-refractivity contribution < 1.29 is 12.8 Å². The highest BCUT2D eigenvalue weighted by Gasteiger charge is 2.27. The van der Waals surface area contributed by atoms with Gasteiger partial charge in [0.2, 0.25) is 10.0 Å². The van der Waals surface area contributed by atoms with Gasteiger partial charge in [-0.3, -0.25) is 0 Å². The van der Waals surface area contributed by atoms with Gasteiger partial charge in [-0.15, -0.1) is 12.4 Å². The van der Waals surface area contributed by atoms with E-state index >= 15 is 0 Å². The molecular formula is C13H20ClFN2O2S. The monoisotopic (exact) mass is 322 g/mol. The molecule has 0 aliphatic carbocycles. The predicted molar refractivity (Wildman–Crippen MR) is 79.9 cm³/mol. The highest BCUT2D eigenvalue weighted by atomic mass is 35.5. The van der Waals surface area contributed by atoms with E-state index in [1.54, 1.807) is 13.1 Å². The average Bonchev–Trinajstić information content (AvgIpc) is 2.38. The van der Waals surface area contributed by atoms with Gasteiger partial charge in [-0.1, -0.05) is 12.1 Å². The smallest absolute Gasteiger partial charge is 0.218 e. The van der Waals surface area contributed by atoms with E-state index in [1.165, 1.54) is 22.5 Å². The zero-order valence-electron chi connectivity index (χ0n) is 11.4. The van der Waals surface area contributed by atoms with Crippen molar-refractivity contribution >= 4 is 22.4 Å². The number of sulfonamides is 1. The summed E-state index contributed by atoms with van der Waals surface area (Å²) in [5, 5.41) is 3.21. The molecule has 0 aromatic heterocycles. The Balaban J connectivity index is 0.00000200. The Morgan fingerprint density at radius 2 is 2.00 bits per heavy atom. The number of benzene rings is 1. The Bertz CT molecular complexity index is 533. The largest absolute Gasteiger partial charge is 0.317 e. The maximum absolute atomic E-state index is 13.1. The normalized spacial score (nSPS) is 16.9. The van der Waals surface area contributed by atoms with Gasteiger partial charge in [0.1, 0.15) is 5.82 Å². The van der Waals surface area contributed by atoms with Crippen molar-refractivity contribution in [1.29, 1.82) is 0 Å². The molecule has 0 radical (unpaired) electrons. The van der Waals surface area contributed by atoms with E-state index in [1.807, 2.05) is 0 Å². The van der Waals surface area contributed by atoms with Crippen molar-refractivity contribution in [2.24, 2.45) is 0 Å². The number of hydrogen-bond acceptors (Lipinski definition) is 3. The minimum Gasteiger partial charge on any atom is -0.317 e. The third-order valence-corrected chi connectivity index (χ3v) is 5.37. The summed E-state index contributed by atoms with van der Waals surface area (Å²) in [7, 11) is -1.78. The van der Waals surface area contributed by atoms with E-state index in [0.29, 0.717) is 5.56 Å². The van der Waals surface area contributed by atoms with Gasteiger partial charge in [-0.2, -0.15) is 0 Å². The fourth-order valence-corrected chi connectivity index (χ4v) is 3.81. The van der Waals surface area contributed by atoms with Crippen molar-refractivity contribution in [3.63, 3.8) is 0 Å². The summed E-state index contributed by atoms with van der Waals surface area (Å²) < 4.78 is 39.1. The van der Waals surface area contributed by atoms with Crippen LogP contribution < -0.4 is 5.32 Å². The summed E-state index contributed by atoms with van der Waals surface area (Å²) in [6.07, 6.45) is 1.64. The molecule has 20 heavy (non-hydrogen) atoms. The van der Waals surface area contributed by atoms with Gasteiger partial charge < -0.3 is 5.32 Å². The van der Waals surface area contributed by atoms with Crippen LogP contribution in [0.1, 0.15) is 18.4 Å². The van der Waals surface area contributed by atoms with E-state index in [4.69, 9.17) is 0 Å². The van der Waals surface area contributed by atoms with Crippen molar-refractivity contribution in [3.8, 4) is 0 Å². The lowest BCUT2D eigenvalue weighted by Gasteiger charge is -2.30. The molecular weight excluding hydrogens is 303 g/mol. The van der Waals surface area contributed by atoms with Crippen LogP contribution in [0.2, 0.25) is 0 Å². The van der Waals surface area contributed by atoms with Crippen molar-refractivity contribution in [3.05, 3.63) is 35.6 Å². The lowest BCUT2D eigenvalue weighted by Crippen LogP contribution is -2.44. The molecule has 0 bridgehead atoms. The molecule has 1 aromatic carbocycles. The Morgan fingerprint density at radius 3 is 2.60 bits per heavy atom. The first-order valence-corrected chi connectivity index (χ1v) is 8.01. The minimum atomic E-state index is -3.39. The first kappa shape index (κ1) is 17.4. The van der Waals surface area contributed by atoms with E-state index in [9.17, 15) is 12.8 Å². The molecule has 0 amide bonds. The number of rotatable bonds is 4. The lowest BCUT2D eigenvalue weighted by molar-refractivity contribution is 0.296. The predicted octanol–water partition coefficient (Wildman–Crippen LogP) is 1.76. The lowest BCUT2D eigenvalue weighted by atomic mass is 10.1. The zero-order chi connectivity index (χ0) is 13.9. The number of piperidine rings is 1. The van der Waals surface area contributed by atoms with Crippen LogP contribution in [0, 0.1) is 5.82 Å². The maximum Gasteiger partial charge on any atom is 0.218 e. The van der Waals surface area contributed by atoms with E-state index in [2.05, 4.69) is 5.32 Å². The van der Waals surface area contributed by atoms with Gasteiger partial charge in [0.05, 0.1) is 5.75 Å². The number of halogens is 2. The summed E-state index contributed by atoms with van der Waals surface area (Å²) in [6.45, 7) is 1.68. The SMILES string of the molecule is CN(C1CCNCC1)S(=O)(=O)Cc1cccc(F)c1.Cl. The molecule has 0 saturated carbocycles. The molecule has 0 unspecified atom stereocenters. The van der Waals surface area contributed by atoms with E-state index < -0.39 is 15.8 Å². The second-order valence-electron chi connectivity index (χ2n) is 4.88. The Kier molecular flexibility index (Phi) is 6.39. The molecule has 114 valence electrons. The second-order valence-corrected chi connectivity index (χ2v) is 6.91. The standard InChI is InChI=1S/C13H19FN2O2S.ClH/c1-16(13-5-7-15-8-6-13)19(17,18)10-11-3-2-4-12(14)9-11;/h2-4,9,13,15H,5-8,10H2,1H3;1H. The summed E-state index contributed by atoms with van der Waals surface area (Å²) in [6, 6.07) is 5.79. The van der Waals surface area contributed by atoms with Crippen LogP contribution in [0.4, 0.5) is 4.39 Å². The molecule has 1 heterocycles. The molecule has 1 aliphatic heterocycles. The van der Waals surface area contributed by atoms with Gasteiger partial charge in [0, 0.05) is 13.1 Å². The fraction of sp³-hybridized carbons (Fsp3) is 0.538. The quantitative estimate of drug-likeness (QED) is 0.919. The molecule has 1 saturated heterocycles. The Morgan fingerprint density at radius 1 is 1.35 bits per heavy atom. The van der Waals surface area contributed by atoms with Crippen molar-refractivity contribution in [1.82, 2.24) is 9.62 Å². The molecule has 1 aliphatic rings. The molecule has 4 nitrogen and oxygen atoms in total. The Labute approximate surface area is 125 Å². The summed E-state index contributed by atoms with van der Waals surface area (Å²) in [4.78, 5) is 0. The van der Waals surface area contributed by atoms with Crippen LogP contribution in [-0.2, 0) is 15.8 Å². The van der Waals surface area contributed by atoms with E-state index in [0.717, 1.165) is 25.9 Å². The summed E-state index contributed by atoms with van der Waals surface area (Å²) in [5.74, 6) is -0.553. The van der Waals surface area contributed by atoms with Gasteiger partial charge in [-0.25, -0.2) is 17.1 Å². The van der Waals surface area contributed by atoms with Crippen LogP contribution in [0.5, 0.6) is 0 Å².